The quantitative estimate of drug-likeness (QED) is 0.909. The maximum absolute atomic E-state index is 12.3. The van der Waals surface area contributed by atoms with Crippen molar-refractivity contribution < 1.29 is 4.79 Å². The van der Waals surface area contributed by atoms with Crippen LogP contribution in [-0.2, 0) is 4.79 Å². The van der Waals surface area contributed by atoms with Crippen LogP contribution in [0, 0.1) is 5.92 Å². The zero-order valence-corrected chi connectivity index (χ0v) is 11.8. The molecular formula is C14H17BrN2O. The van der Waals surface area contributed by atoms with Crippen LogP contribution in [0.25, 0.3) is 0 Å². The number of benzene rings is 1. The molecular weight excluding hydrogens is 292 g/mol. The van der Waals surface area contributed by atoms with Gasteiger partial charge in [-0.3, -0.25) is 4.79 Å². The molecule has 1 amide bonds. The van der Waals surface area contributed by atoms with Crippen LogP contribution in [0.3, 0.4) is 0 Å². The highest BCUT2D eigenvalue weighted by molar-refractivity contribution is 9.10. The number of carbonyl (C=O) groups is 1. The van der Waals surface area contributed by atoms with Crippen molar-refractivity contribution in [3.8, 4) is 0 Å². The van der Waals surface area contributed by atoms with Crippen molar-refractivity contribution in [2.24, 2.45) is 11.7 Å². The number of nitrogens with two attached hydrogens (primary N) is 1. The van der Waals surface area contributed by atoms with Gasteiger partial charge in [0.1, 0.15) is 0 Å². The first-order valence-electron chi connectivity index (χ1n) is 6.45. The average molecular weight is 309 g/mol. The smallest absolute Gasteiger partial charge is 0.226 e. The first-order valence-corrected chi connectivity index (χ1v) is 7.24. The molecule has 4 heteroatoms. The van der Waals surface area contributed by atoms with E-state index in [-0.39, 0.29) is 12.0 Å². The van der Waals surface area contributed by atoms with E-state index in [0.29, 0.717) is 11.8 Å². The second-order valence-corrected chi connectivity index (χ2v) is 6.25. The van der Waals surface area contributed by atoms with Crippen LogP contribution in [0.1, 0.15) is 24.3 Å². The number of likely N-dealkylation sites (tertiary alicyclic amines) is 1. The zero-order valence-electron chi connectivity index (χ0n) is 10.2. The molecule has 1 aromatic rings. The second-order valence-electron chi connectivity index (χ2n) is 5.33. The molecule has 2 aliphatic rings. The van der Waals surface area contributed by atoms with Crippen molar-refractivity contribution >= 4 is 21.8 Å². The van der Waals surface area contributed by atoms with Crippen LogP contribution >= 0.6 is 15.9 Å². The molecule has 3 rings (SSSR count). The van der Waals surface area contributed by atoms with Crippen LogP contribution < -0.4 is 5.73 Å². The lowest BCUT2D eigenvalue weighted by Gasteiger charge is -2.15. The number of rotatable bonds is 2. The SMILES string of the molecule is N[C@@H]1CCN(C(=O)[C@@H]2C[C@@H]2c2ccc(Br)cc2)C1. The monoisotopic (exact) mass is 308 g/mol. The summed E-state index contributed by atoms with van der Waals surface area (Å²) in [6.07, 6.45) is 1.94. The van der Waals surface area contributed by atoms with Gasteiger partial charge in [0.25, 0.3) is 0 Å². The Bertz CT molecular complexity index is 459. The van der Waals surface area contributed by atoms with E-state index in [1.54, 1.807) is 0 Å². The molecule has 2 N–H and O–H groups in total. The fourth-order valence-corrected chi connectivity index (χ4v) is 3.03. The molecule has 1 aliphatic carbocycles. The van der Waals surface area contributed by atoms with Crippen LogP contribution in [0.5, 0.6) is 0 Å². The van der Waals surface area contributed by atoms with Crippen LogP contribution in [0.15, 0.2) is 28.7 Å². The molecule has 2 fully saturated rings. The third-order valence-corrected chi connectivity index (χ3v) is 4.47. The van der Waals surface area contributed by atoms with Gasteiger partial charge in [-0.2, -0.15) is 0 Å². The third-order valence-electron chi connectivity index (χ3n) is 3.94. The van der Waals surface area contributed by atoms with Crippen LogP contribution in [0.2, 0.25) is 0 Å². The Balaban J connectivity index is 1.63. The van der Waals surface area contributed by atoms with Gasteiger partial charge in [0.05, 0.1) is 0 Å². The van der Waals surface area contributed by atoms with E-state index in [9.17, 15) is 4.79 Å². The van der Waals surface area contributed by atoms with Gasteiger partial charge >= 0.3 is 0 Å². The van der Waals surface area contributed by atoms with Crippen LogP contribution in [0.4, 0.5) is 0 Å². The number of hydrogen-bond donors (Lipinski definition) is 1. The van der Waals surface area contributed by atoms with E-state index in [4.69, 9.17) is 5.73 Å². The average Bonchev–Trinajstić information content (AvgIpc) is 3.04. The Kier molecular flexibility index (Phi) is 3.16. The van der Waals surface area contributed by atoms with Gasteiger partial charge in [-0.15, -0.1) is 0 Å². The van der Waals surface area contributed by atoms with E-state index in [0.717, 1.165) is 30.4 Å². The van der Waals surface area contributed by atoms with Crippen molar-refractivity contribution in [3.63, 3.8) is 0 Å². The molecule has 1 saturated heterocycles. The van der Waals surface area contributed by atoms with Crippen molar-refractivity contribution in [1.29, 1.82) is 0 Å². The number of amides is 1. The van der Waals surface area contributed by atoms with E-state index < -0.39 is 0 Å². The van der Waals surface area contributed by atoms with Gasteiger partial charge in [0.15, 0.2) is 0 Å². The van der Waals surface area contributed by atoms with Crippen molar-refractivity contribution in [2.45, 2.75) is 24.8 Å². The molecule has 0 unspecified atom stereocenters. The van der Waals surface area contributed by atoms with Gasteiger partial charge in [-0.25, -0.2) is 0 Å². The number of halogens is 1. The van der Waals surface area contributed by atoms with Gasteiger partial charge in [0, 0.05) is 29.5 Å². The summed E-state index contributed by atoms with van der Waals surface area (Å²) in [6.45, 7) is 1.58. The van der Waals surface area contributed by atoms with Crippen molar-refractivity contribution in [1.82, 2.24) is 4.90 Å². The Morgan fingerprint density at radius 3 is 2.67 bits per heavy atom. The molecule has 96 valence electrons. The fourth-order valence-electron chi connectivity index (χ4n) is 2.77. The number of carbonyl (C=O) groups excluding carboxylic acids is 1. The highest BCUT2D eigenvalue weighted by atomic mass is 79.9. The lowest BCUT2D eigenvalue weighted by atomic mass is 10.1. The number of hydrogen-bond acceptors (Lipinski definition) is 2. The van der Waals surface area contributed by atoms with Gasteiger partial charge in [0.2, 0.25) is 5.91 Å². The molecule has 1 aromatic carbocycles. The van der Waals surface area contributed by atoms with Gasteiger partial charge < -0.3 is 10.6 Å². The summed E-state index contributed by atoms with van der Waals surface area (Å²) in [4.78, 5) is 14.2. The predicted octanol–water partition coefficient (Wildman–Crippen LogP) is 2.11. The van der Waals surface area contributed by atoms with E-state index in [1.165, 1.54) is 5.56 Å². The predicted molar refractivity (Wildman–Crippen MR) is 74.2 cm³/mol. The summed E-state index contributed by atoms with van der Waals surface area (Å²) in [7, 11) is 0. The van der Waals surface area contributed by atoms with Crippen LogP contribution in [-0.4, -0.2) is 29.9 Å². The second kappa shape index (κ2) is 4.67. The summed E-state index contributed by atoms with van der Waals surface area (Å²) in [5, 5.41) is 0. The lowest BCUT2D eigenvalue weighted by Crippen LogP contribution is -2.33. The Morgan fingerprint density at radius 1 is 1.33 bits per heavy atom. The molecule has 0 spiro atoms. The Hall–Kier alpha value is -0.870. The summed E-state index contributed by atoms with van der Waals surface area (Å²) in [5.41, 5.74) is 7.12. The minimum atomic E-state index is 0.179. The minimum absolute atomic E-state index is 0.179. The highest BCUT2D eigenvalue weighted by Gasteiger charge is 2.46. The fraction of sp³-hybridized carbons (Fsp3) is 0.500. The van der Waals surface area contributed by atoms with Crippen molar-refractivity contribution in [3.05, 3.63) is 34.3 Å². The molecule has 1 saturated carbocycles. The molecule has 0 aromatic heterocycles. The standard InChI is InChI=1S/C14H17BrN2O/c15-10-3-1-9(2-4-10)12-7-13(12)14(18)17-6-5-11(16)8-17/h1-4,11-13H,5-8,16H2/t11-,12-,13-/m1/s1. The van der Waals surface area contributed by atoms with E-state index in [2.05, 4.69) is 28.1 Å². The first kappa shape index (κ1) is 12.2. The molecule has 0 bridgehead atoms. The molecule has 3 atom stereocenters. The molecule has 0 radical (unpaired) electrons. The summed E-state index contributed by atoms with van der Waals surface area (Å²) in [6, 6.07) is 8.48. The highest BCUT2D eigenvalue weighted by Crippen LogP contribution is 2.48. The maximum atomic E-state index is 12.3. The third kappa shape index (κ3) is 2.31. The van der Waals surface area contributed by atoms with Gasteiger partial charge in [-0.05, 0) is 36.5 Å². The molecule has 1 aliphatic heterocycles. The topological polar surface area (TPSA) is 46.3 Å². The largest absolute Gasteiger partial charge is 0.341 e. The molecule has 3 nitrogen and oxygen atoms in total. The molecule has 18 heavy (non-hydrogen) atoms. The lowest BCUT2D eigenvalue weighted by molar-refractivity contribution is -0.131. The Labute approximate surface area is 115 Å². The maximum Gasteiger partial charge on any atom is 0.226 e. The summed E-state index contributed by atoms with van der Waals surface area (Å²) in [5.74, 6) is 0.912. The Morgan fingerprint density at radius 2 is 2.06 bits per heavy atom. The normalized spacial score (nSPS) is 30.6. The summed E-state index contributed by atoms with van der Waals surface area (Å²) < 4.78 is 1.08. The first-order chi connectivity index (χ1) is 8.65. The summed E-state index contributed by atoms with van der Waals surface area (Å²) >= 11 is 3.43. The minimum Gasteiger partial charge on any atom is -0.341 e. The zero-order chi connectivity index (χ0) is 12.7. The van der Waals surface area contributed by atoms with Gasteiger partial charge in [-0.1, -0.05) is 28.1 Å². The van der Waals surface area contributed by atoms with Crippen molar-refractivity contribution in [2.75, 3.05) is 13.1 Å². The molecule has 1 heterocycles. The number of nitrogens with zero attached hydrogens (tertiary/aromatic N) is 1. The van der Waals surface area contributed by atoms with E-state index in [1.807, 2.05) is 17.0 Å². The van der Waals surface area contributed by atoms with E-state index >= 15 is 0 Å².